The smallest absolute Gasteiger partial charge is 0.265 e. The molecular formula is C15H15N3O3S. The molecule has 0 unspecified atom stereocenters. The van der Waals surface area contributed by atoms with Crippen molar-refractivity contribution in [2.75, 3.05) is 4.72 Å². The number of H-pyrrole nitrogens is 1. The van der Waals surface area contributed by atoms with E-state index in [9.17, 15) is 8.42 Å². The molecule has 1 aromatic carbocycles. The van der Waals surface area contributed by atoms with E-state index in [1.807, 2.05) is 19.1 Å². The van der Waals surface area contributed by atoms with Crippen molar-refractivity contribution in [2.45, 2.75) is 18.7 Å². The number of hydrogen-bond donors (Lipinski definition) is 2. The normalized spacial score (nSPS) is 11.5. The summed E-state index contributed by atoms with van der Waals surface area (Å²) in [5.41, 5.74) is 2.19. The fourth-order valence-corrected chi connectivity index (χ4v) is 3.33. The van der Waals surface area contributed by atoms with E-state index in [0.717, 1.165) is 5.56 Å². The number of hydrogen-bond acceptors (Lipinski definition) is 4. The summed E-state index contributed by atoms with van der Waals surface area (Å²) in [5, 5.41) is 6.57. The minimum absolute atomic E-state index is 0.109. The minimum atomic E-state index is -3.71. The van der Waals surface area contributed by atoms with Crippen molar-refractivity contribution in [2.24, 2.45) is 0 Å². The molecule has 0 atom stereocenters. The van der Waals surface area contributed by atoms with Gasteiger partial charge < -0.3 is 4.42 Å². The van der Waals surface area contributed by atoms with E-state index < -0.39 is 10.0 Å². The van der Waals surface area contributed by atoms with Crippen LogP contribution in [0.1, 0.15) is 11.3 Å². The lowest BCUT2D eigenvalue weighted by atomic mass is 10.2. The number of anilines is 1. The molecule has 3 aromatic rings. The Labute approximate surface area is 128 Å². The molecule has 0 spiro atoms. The highest BCUT2D eigenvalue weighted by atomic mass is 32.2. The Balaban J connectivity index is 1.94. The number of aromatic amines is 1. The first-order chi connectivity index (χ1) is 10.5. The fourth-order valence-electron chi connectivity index (χ4n) is 2.09. The van der Waals surface area contributed by atoms with Crippen LogP contribution >= 0.6 is 0 Å². The Morgan fingerprint density at radius 1 is 1.14 bits per heavy atom. The van der Waals surface area contributed by atoms with Crippen LogP contribution in [0.25, 0.3) is 11.5 Å². The molecule has 0 fully saturated rings. The number of benzene rings is 1. The van der Waals surface area contributed by atoms with E-state index in [0.29, 0.717) is 22.9 Å². The summed E-state index contributed by atoms with van der Waals surface area (Å²) in [7, 11) is -3.71. The van der Waals surface area contributed by atoms with E-state index in [4.69, 9.17) is 4.42 Å². The standard InChI is InChI=1S/C15H15N3O3S/c1-10-3-5-12(6-4-10)18-22(19,20)15-9-14(21-11(15)2)13-7-8-16-17-13/h3-9,18H,1-2H3,(H,16,17). The van der Waals surface area contributed by atoms with Crippen LogP contribution in [0.3, 0.4) is 0 Å². The second-order valence-electron chi connectivity index (χ2n) is 4.97. The Bertz CT molecular complexity index is 879. The monoisotopic (exact) mass is 317 g/mol. The van der Waals surface area contributed by atoms with Gasteiger partial charge in [-0.2, -0.15) is 5.10 Å². The maximum Gasteiger partial charge on any atom is 0.265 e. The molecule has 3 rings (SSSR count). The number of furan rings is 1. The van der Waals surface area contributed by atoms with E-state index in [1.54, 1.807) is 31.3 Å². The fraction of sp³-hybridized carbons (Fsp3) is 0.133. The zero-order valence-corrected chi connectivity index (χ0v) is 12.9. The van der Waals surface area contributed by atoms with Crippen LogP contribution in [0, 0.1) is 13.8 Å². The first kappa shape index (κ1) is 14.4. The third kappa shape index (κ3) is 2.75. The molecule has 7 heteroatoms. The summed E-state index contributed by atoms with van der Waals surface area (Å²) in [4.78, 5) is 0.109. The number of aromatic nitrogens is 2. The quantitative estimate of drug-likeness (QED) is 0.774. The molecular weight excluding hydrogens is 302 g/mol. The van der Waals surface area contributed by atoms with Crippen molar-refractivity contribution < 1.29 is 12.8 Å². The van der Waals surface area contributed by atoms with Gasteiger partial charge in [-0.1, -0.05) is 17.7 Å². The summed E-state index contributed by atoms with van der Waals surface area (Å²) >= 11 is 0. The first-order valence-corrected chi connectivity index (χ1v) is 8.14. The topological polar surface area (TPSA) is 88.0 Å². The number of sulfonamides is 1. The highest BCUT2D eigenvalue weighted by molar-refractivity contribution is 7.92. The predicted octanol–water partition coefficient (Wildman–Crippen LogP) is 3.09. The molecule has 2 N–H and O–H groups in total. The maximum atomic E-state index is 12.5. The maximum absolute atomic E-state index is 12.5. The van der Waals surface area contributed by atoms with Crippen molar-refractivity contribution in [3.63, 3.8) is 0 Å². The zero-order chi connectivity index (χ0) is 15.7. The number of nitrogens with zero attached hydrogens (tertiary/aromatic N) is 1. The van der Waals surface area contributed by atoms with Crippen molar-refractivity contribution in [1.82, 2.24) is 10.2 Å². The average Bonchev–Trinajstić information content (AvgIpc) is 3.10. The largest absolute Gasteiger partial charge is 0.458 e. The second kappa shape index (κ2) is 5.34. The van der Waals surface area contributed by atoms with Gasteiger partial charge in [0.25, 0.3) is 10.0 Å². The molecule has 2 heterocycles. The minimum Gasteiger partial charge on any atom is -0.458 e. The highest BCUT2D eigenvalue weighted by Gasteiger charge is 2.22. The molecule has 114 valence electrons. The lowest BCUT2D eigenvalue weighted by molar-refractivity contribution is 0.534. The van der Waals surface area contributed by atoms with Crippen LogP contribution < -0.4 is 4.72 Å². The number of rotatable bonds is 4. The van der Waals surface area contributed by atoms with Crippen molar-refractivity contribution >= 4 is 15.7 Å². The third-order valence-electron chi connectivity index (χ3n) is 3.23. The lowest BCUT2D eigenvalue weighted by Gasteiger charge is -2.07. The molecule has 0 saturated heterocycles. The van der Waals surface area contributed by atoms with Crippen molar-refractivity contribution in [3.8, 4) is 11.5 Å². The van der Waals surface area contributed by atoms with Gasteiger partial charge in [-0.15, -0.1) is 0 Å². The molecule has 2 aromatic heterocycles. The Morgan fingerprint density at radius 3 is 2.50 bits per heavy atom. The summed E-state index contributed by atoms with van der Waals surface area (Å²) < 4.78 is 33.0. The predicted molar refractivity (Wildman–Crippen MR) is 83.0 cm³/mol. The molecule has 0 aliphatic carbocycles. The average molecular weight is 317 g/mol. The van der Waals surface area contributed by atoms with Crippen LogP contribution in [0.4, 0.5) is 5.69 Å². The Morgan fingerprint density at radius 2 is 1.86 bits per heavy atom. The summed E-state index contributed by atoms with van der Waals surface area (Å²) in [6.45, 7) is 3.55. The summed E-state index contributed by atoms with van der Waals surface area (Å²) in [5.74, 6) is 0.753. The second-order valence-corrected chi connectivity index (χ2v) is 6.62. The van der Waals surface area contributed by atoms with Gasteiger partial charge >= 0.3 is 0 Å². The molecule has 6 nitrogen and oxygen atoms in total. The summed E-state index contributed by atoms with van der Waals surface area (Å²) in [6.07, 6.45) is 1.58. The molecule has 22 heavy (non-hydrogen) atoms. The molecule has 0 saturated carbocycles. The molecule has 0 amide bonds. The van der Waals surface area contributed by atoms with E-state index in [1.165, 1.54) is 6.07 Å². The SMILES string of the molecule is Cc1ccc(NS(=O)(=O)c2cc(-c3ccn[nH]3)oc2C)cc1. The van der Waals surface area contributed by atoms with Crippen LogP contribution in [0.2, 0.25) is 0 Å². The van der Waals surface area contributed by atoms with Crippen LogP contribution in [-0.4, -0.2) is 18.6 Å². The molecule has 0 aliphatic heterocycles. The van der Waals surface area contributed by atoms with Crippen molar-refractivity contribution in [3.05, 3.63) is 53.9 Å². The van der Waals surface area contributed by atoms with Gasteiger partial charge in [0.15, 0.2) is 5.76 Å². The van der Waals surface area contributed by atoms with E-state index >= 15 is 0 Å². The Kier molecular flexibility index (Phi) is 3.50. The van der Waals surface area contributed by atoms with Gasteiger partial charge in [-0.3, -0.25) is 9.82 Å². The van der Waals surface area contributed by atoms with Crippen molar-refractivity contribution in [1.29, 1.82) is 0 Å². The van der Waals surface area contributed by atoms with E-state index in [2.05, 4.69) is 14.9 Å². The van der Waals surface area contributed by atoms with Gasteiger partial charge in [-0.25, -0.2) is 8.42 Å². The van der Waals surface area contributed by atoms with Gasteiger partial charge in [0, 0.05) is 18.0 Å². The van der Waals surface area contributed by atoms with Crippen LogP contribution in [0.15, 0.2) is 51.9 Å². The Hall–Kier alpha value is -2.54. The first-order valence-electron chi connectivity index (χ1n) is 6.65. The van der Waals surface area contributed by atoms with Gasteiger partial charge in [0.1, 0.15) is 16.3 Å². The van der Waals surface area contributed by atoms with Gasteiger partial charge in [-0.05, 0) is 32.0 Å². The number of aryl methyl sites for hydroxylation is 2. The molecule has 0 aliphatic rings. The lowest BCUT2D eigenvalue weighted by Crippen LogP contribution is -2.13. The molecule has 0 bridgehead atoms. The van der Waals surface area contributed by atoms with Gasteiger partial charge in [0.2, 0.25) is 0 Å². The zero-order valence-electron chi connectivity index (χ0n) is 12.1. The van der Waals surface area contributed by atoms with Crippen LogP contribution in [-0.2, 0) is 10.0 Å². The van der Waals surface area contributed by atoms with Crippen LogP contribution in [0.5, 0.6) is 0 Å². The third-order valence-corrected chi connectivity index (χ3v) is 4.72. The van der Waals surface area contributed by atoms with Gasteiger partial charge in [0.05, 0.1) is 0 Å². The highest BCUT2D eigenvalue weighted by Crippen LogP contribution is 2.28. The molecule has 0 radical (unpaired) electrons. The summed E-state index contributed by atoms with van der Waals surface area (Å²) in [6, 6.07) is 10.3. The number of nitrogens with one attached hydrogen (secondary N) is 2. The van der Waals surface area contributed by atoms with E-state index in [-0.39, 0.29) is 4.90 Å².